The van der Waals surface area contributed by atoms with Crippen LogP contribution in [0.1, 0.15) is 6.92 Å². The molecule has 4 nitrogen and oxygen atoms in total. The molecule has 0 bridgehead atoms. The molecule has 0 aromatic heterocycles. The van der Waals surface area contributed by atoms with E-state index in [4.69, 9.17) is 0 Å². The van der Waals surface area contributed by atoms with E-state index in [9.17, 15) is 9.59 Å². The smallest absolute Gasteiger partial charge is 0.241 e. The molecule has 0 heterocycles. The average molecular weight is 251 g/mol. The van der Waals surface area contributed by atoms with Crippen molar-refractivity contribution in [3.05, 3.63) is 0 Å². The van der Waals surface area contributed by atoms with Gasteiger partial charge < -0.3 is 9.80 Å². The van der Waals surface area contributed by atoms with Gasteiger partial charge in [-0.25, -0.2) is 0 Å². The van der Waals surface area contributed by atoms with Gasteiger partial charge in [0.1, 0.15) is 0 Å². The van der Waals surface area contributed by atoms with Crippen molar-refractivity contribution in [1.29, 1.82) is 0 Å². The van der Waals surface area contributed by atoms with Gasteiger partial charge in [-0.05, 0) is 6.92 Å². The van der Waals surface area contributed by atoms with E-state index in [0.29, 0.717) is 6.54 Å². The molecule has 0 saturated carbocycles. The Kier molecular flexibility index (Phi) is 5.70. The van der Waals surface area contributed by atoms with Crippen LogP contribution in [0, 0.1) is 0 Å². The molecule has 13 heavy (non-hydrogen) atoms. The molecule has 0 unspecified atom stereocenters. The summed E-state index contributed by atoms with van der Waals surface area (Å²) >= 11 is 3.07. The minimum Gasteiger partial charge on any atom is -0.347 e. The molecule has 0 aromatic rings. The largest absolute Gasteiger partial charge is 0.347 e. The highest BCUT2D eigenvalue weighted by atomic mass is 79.9. The molecule has 5 heteroatoms. The van der Waals surface area contributed by atoms with Crippen LogP contribution in [0.2, 0.25) is 0 Å². The van der Waals surface area contributed by atoms with E-state index in [-0.39, 0.29) is 23.7 Å². The molecule has 0 fully saturated rings. The molecule has 0 aliphatic carbocycles. The van der Waals surface area contributed by atoms with Crippen LogP contribution in [0.25, 0.3) is 0 Å². The van der Waals surface area contributed by atoms with E-state index in [0.717, 1.165) is 0 Å². The van der Waals surface area contributed by atoms with E-state index in [1.165, 1.54) is 9.80 Å². The minimum atomic E-state index is -0.0591. The Morgan fingerprint density at radius 2 is 1.77 bits per heavy atom. The van der Waals surface area contributed by atoms with Crippen LogP contribution in [0.5, 0.6) is 0 Å². The summed E-state index contributed by atoms with van der Waals surface area (Å²) in [5.74, 6) is -0.117. The van der Waals surface area contributed by atoms with Gasteiger partial charge in [-0.3, -0.25) is 9.59 Å². The fraction of sp³-hybridized carbons (Fsp3) is 0.750. The quantitative estimate of drug-likeness (QED) is 0.675. The van der Waals surface area contributed by atoms with E-state index >= 15 is 0 Å². The number of hydrogen-bond acceptors (Lipinski definition) is 2. The van der Waals surface area contributed by atoms with E-state index in [1.807, 2.05) is 6.92 Å². The number of rotatable bonds is 4. The second-order valence-electron chi connectivity index (χ2n) is 2.83. The van der Waals surface area contributed by atoms with E-state index in [2.05, 4.69) is 15.9 Å². The molecule has 0 rings (SSSR count). The summed E-state index contributed by atoms with van der Waals surface area (Å²) in [5, 5.41) is 0.265. The number of halogens is 1. The topological polar surface area (TPSA) is 40.6 Å². The van der Waals surface area contributed by atoms with Gasteiger partial charge in [0.25, 0.3) is 0 Å². The highest BCUT2D eigenvalue weighted by Gasteiger charge is 2.14. The first-order valence-electron chi connectivity index (χ1n) is 4.06. The number of nitrogens with zero attached hydrogens (tertiary/aromatic N) is 2. The summed E-state index contributed by atoms with van der Waals surface area (Å²) in [6.07, 6.45) is 0. The maximum atomic E-state index is 11.2. The van der Waals surface area contributed by atoms with Gasteiger partial charge in [0.05, 0.1) is 11.9 Å². The number of alkyl halides is 1. The van der Waals surface area contributed by atoms with Crippen molar-refractivity contribution in [2.75, 3.05) is 32.5 Å². The van der Waals surface area contributed by atoms with Crippen molar-refractivity contribution in [1.82, 2.24) is 9.80 Å². The third kappa shape index (κ3) is 4.26. The van der Waals surface area contributed by atoms with Crippen LogP contribution in [0.15, 0.2) is 0 Å². The minimum absolute atomic E-state index is 0.0577. The number of hydrogen-bond donors (Lipinski definition) is 0. The third-order valence-corrected chi connectivity index (χ3v) is 2.15. The molecule has 0 aromatic carbocycles. The summed E-state index contributed by atoms with van der Waals surface area (Å²) in [5.41, 5.74) is 0. The van der Waals surface area contributed by atoms with Gasteiger partial charge in [-0.1, -0.05) is 15.9 Å². The van der Waals surface area contributed by atoms with Crippen molar-refractivity contribution >= 4 is 27.7 Å². The Balaban J connectivity index is 4.13. The summed E-state index contributed by atoms with van der Waals surface area (Å²) in [4.78, 5) is 25.4. The second-order valence-corrected chi connectivity index (χ2v) is 3.39. The maximum absolute atomic E-state index is 11.2. The first kappa shape index (κ1) is 12.4. The monoisotopic (exact) mass is 250 g/mol. The predicted molar refractivity (Wildman–Crippen MR) is 54.7 cm³/mol. The molecule has 0 atom stereocenters. The van der Waals surface area contributed by atoms with Crippen molar-refractivity contribution in [2.24, 2.45) is 0 Å². The van der Waals surface area contributed by atoms with Gasteiger partial charge >= 0.3 is 0 Å². The number of amides is 2. The Morgan fingerprint density at radius 1 is 1.23 bits per heavy atom. The molecule has 76 valence electrons. The van der Waals surface area contributed by atoms with Crippen LogP contribution >= 0.6 is 15.9 Å². The second kappa shape index (κ2) is 5.96. The Labute approximate surface area is 87.0 Å². The highest BCUT2D eigenvalue weighted by molar-refractivity contribution is 9.09. The standard InChI is InChI=1S/C8H15BrN2O2/c1-4-11(7(12)5-9)6-8(13)10(2)3/h4-6H2,1-3H3. The number of carbonyl (C=O) groups is 2. The summed E-state index contributed by atoms with van der Waals surface area (Å²) in [6, 6.07) is 0. The maximum Gasteiger partial charge on any atom is 0.241 e. The lowest BCUT2D eigenvalue weighted by Gasteiger charge is -2.21. The first-order chi connectivity index (χ1) is 6.02. The number of carbonyl (C=O) groups excluding carboxylic acids is 2. The average Bonchev–Trinajstić information content (AvgIpc) is 2.12. The zero-order valence-corrected chi connectivity index (χ0v) is 9.80. The molecule has 0 spiro atoms. The van der Waals surface area contributed by atoms with Gasteiger partial charge in [0.2, 0.25) is 11.8 Å². The normalized spacial score (nSPS) is 9.54. The fourth-order valence-electron chi connectivity index (χ4n) is 0.766. The van der Waals surface area contributed by atoms with Crippen molar-refractivity contribution < 1.29 is 9.59 Å². The third-order valence-electron chi connectivity index (χ3n) is 1.67. The van der Waals surface area contributed by atoms with Crippen LogP contribution < -0.4 is 0 Å². The molecule has 0 radical (unpaired) electrons. The predicted octanol–water partition coefficient (Wildman–Crippen LogP) is 0.318. The van der Waals surface area contributed by atoms with E-state index in [1.54, 1.807) is 14.1 Å². The lowest BCUT2D eigenvalue weighted by molar-refractivity contribution is -0.137. The molecular weight excluding hydrogens is 236 g/mol. The van der Waals surface area contributed by atoms with Crippen LogP contribution in [-0.4, -0.2) is 54.1 Å². The lowest BCUT2D eigenvalue weighted by Crippen LogP contribution is -2.40. The van der Waals surface area contributed by atoms with Gasteiger partial charge in [-0.2, -0.15) is 0 Å². The fourth-order valence-corrected chi connectivity index (χ4v) is 1.12. The van der Waals surface area contributed by atoms with E-state index < -0.39 is 0 Å². The molecule has 2 amide bonds. The molecule has 0 aliphatic rings. The first-order valence-corrected chi connectivity index (χ1v) is 5.19. The molecule has 0 aliphatic heterocycles. The Bertz CT molecular complexity index is 195. The van der Waals surface area contributed by atoms with Crippen LogP contribution in [0.3, 0.4) is 0 Å². The van der Waals surface area contributed by atoms with Crippen molar-refractivity contribution in [3.8, 4) is 0 Å². The van der Waals surface area contributed by atoms with Crippen LogP contribution in [-0.2, 0) is 9.59 Å². The number of likely N-dealkylation sites (N-methyl/N-ethyl adjacent to an activating group) is 2. The Hall–Kier alpha value is -0.580. The zero-order valence-electron chi connectivity index (χ0n) is 8.21. The van der Waals surface area contributed by atoms with Gasteiger partial charge in [-0.15, -0.1) is 0 Å². The molecule has 0 saturated heterocycles. The van der Waals surface area contributed by atoms with Gasteiger partial charge in [0.15, 0.2) is 0 Å². The van der Waals surface area contributed by atoms with Crippen molar-refractivity contribution in [2.45, 2.75) is 6.92 Å². The summed E-state index contributed by atoms with van der Waals surface area (Å²) < 4.78 is 0. The zero-order chi connectivity index (χ0) is 10.4. The van der Waals surface area contributed by atoms with Crippen molar-refractivity contribution in [3.63, 3.8) is 0 Å². The summed E-state index contributed by atoms with van der Waals surface area (Å²) in [7, 11) is 3.35. The molecule has 0 N–H and O–H groups in total. The molecular formula is C8H15BrN2O2. The summed E-state index contributed by atoms with van der Waals surface area (Å²) in [6.45, 7) is 2.57. The van der Waals surface area contributed by atoms with Crippen LogP contribution in [0.4, 0.5) is 0 Å². The SMILES string of the molecule is CCN(CC(=O)N(C)C)C(=O)CBr. The lowest BCUT2D eigenvalue weighted by atomic mass is 10.4. The Morgan fingerprint density at radius 3 is 2.08 bits per heavy atom. The van der Waals surface area contributed by atoms with Gasteiger partial charge in [0, 0.05) is 20.6 Å². The highest BCUT2D eigenvalue weighted by Crippen LogP contribution is 1.94.